The average Bonchev–Trinajstić information content (AvgIpc) is 2.43. The summed E-state index contributed by atoms with van der Waals surface area (Å²) in [5, 5.41) is 11.7. The zero-order valence-electron chi connectivity index (χ0n) is 12.3. The zero-order chi connectivity index (χ0) is 15.7. The lowest BCUT2D eigenvalue weighted by atomic mass is 10.1. The van der Waals surface area contributed by atoms with Crippen molar-refractivity contribution in [2.45, 2.75) is 52.0 Å². The Labute approximate surface area is 139 Å². The number of aliphatic carboxylic acids is 1. The number of unbranched alkanes of at least 4 members (excludes halogenated alkanes) is 3. The summed E-state index contributed by atoms with van der Waals surface area (Å²) in [5.41, 5.74) is 1.80. The number of hydrogen-bond acceptors (Lipinski definition) is 2. The molecule has 0 aromatic heterocycles. The quantitative estimate of drug-likeness (QED) is 0.490. The van der Waals surface area contributed by atoms with E-state index in [-0.39, 0.29) is 12.3 Å². The number of benzene rings is 1. The molecule has 5 heteroatoms. The molecule has 1 aromatic rings. The third-order valence-corrected chi connectivity index (χ3v) is 4.21. The molecule has 116 valence electrons. The lowest BCUT2D eigenvalue weighted by molar-refractivity contribution is -0.136. The fourth-order valence-corrected chi connectivity index (χ4v) is 2.78. The number of amides is 1. The van der Waals surface area contributed by atoms with Crippen molar-refractivity contribution in [3.63, 3.8) is 0 Å². The van der Waals surface area contributed by atoms with Crippen LogP contribution in [0.1, 0.15) is 50.2 Å². The number of carbonyl (C=O) groups excluding carboxylic acids is 1. The van der Waals surface area contributed by atoms with Gasteiger partial charge >= 0.3 is 5.97 Å². The van der Waals surface area contributed by atoms with Crippen LogP contribution in [0, 0.1) is 3.57 Å². The lowest BCUT2D eigenvalue weighted by Crippen LogP contribution is -2.22. The van der Waals surface area contributed by atoms with E-state index in [0.29, 0.717) is 13.0 Å². The van der Waals surface area contributed by atoms with Gasteiger partial charge in [-0.3, -0.25) is 9.59 Å². The van der Waals surface area contributed by atoms with Crippen molar-refractivity contribution in [1.82, 2.24) is 5.32 Å². The van der Waals surface area contributed by atoms with Crippen molar-refractivity contribution in [1.29, 1.82) is 0 Å². The summed E-state index contributed by atoms with van der Waals surface area (Å²) < 4.78 is 0.921. The van der Waals surface area contributed by atoms with Gasteiger partial charge in [0.25, 0.3) is 0 Å². The number of rotatable bonds is 9. The molecule has 0 spiro atoms. The maximum absolute atomic E-state index is 11.7. The molecule has 0 aliphatic rings. The molecule has 1 aromatic carbocycles. The fraction of sp³-hybridized carbons (Fsp3) is 0.500. The second-order valence-electron chi connectivity index (χ2n) is 5.08. The molecule has 4 nitrogen and oxygen atoms in total. The van der Waals surface area contributed by atoms with Gasteiger partial charge in [0.05, 0.1) is 6.42 Å². The first-order chi connectivity index (χ1) is 10.0. The highest BCUT2D eigenvalue weighted by Gasteiger charge is 2.07. The molecule has 0 saturated carbocycles. The van der Waals surface area contributed by atoms with Gasteiger partial charge in [-0.15, -0.1) is 0 Å². The summed E-state index contributed by atoms with van der Waals surface area (Å²) >= 11 is 2.13. The molecule has 0 radical (unpaired) electrons. The molecule has 2 N–H and O–H groups in total. The number of carbonyl (C=O) groups is 2. The largest absolute Gasteiger partial charge is 0.481 e. The summed E-state index contributed by atoms with van der Waals surface area (Å²) in [5.74, 6) is -0.753. The van der Waals surface area contributed by atoms with E-state index in [1.165, 1.54) is 12.8 Å². The standard InChI is InChI=1S/C16H22INO3/c1-2-3-4-5-6-15(19)18-11-12-7-8-13(10-16(20)21)14(17)9-12/h7-9H,2-6,10-11H2,1H3,(H,18,19)(H,20,21). The average molecular weight is 403 g/mol. The van der Waals surface area contributed by atoms with Gasteiger partial charge in [0.1, 0.15) is 0 Å². The molecule has 0 aliphatic heterocycles. The second kappa shape index (κ2) is 9.76. The van der Waals surface area contributed by atoms with Crippen LogP contribution in [0.5, 0.6) is 0 Å². The van der Waals surface area contributed by atoms with Crippen molar-refractivity contribution < 1.29 is 14.7 Å². The van der Waals surface area contributed by atoms with Crippen molar-refractivity contribution in [3.05, 3.63) is 32.9 Å². The van der Waals surface area contributed by atoms with E-state index in [1.807, 2.05) is 18.2 Å². The first kappa shape index (κ1) is 17.9. The van der Waals surface area contributed by atoms with Crippen LogP contribution >= 0.6 is 22.6 Å². The minimum absolute atomic E-state index is 0.0301. The molecule has 1 rings (SSSR count). The van der Waals surface area contributed by atoms with Crippen LogP contribution in [0.25, 0.3) is 0 Å². The van der Waals surface area contributed by atoms with Gasteiger partial charge in [0.2, 0.25) is 5.91 Å². The van der Waals surface area contributed by atoms with Crippen molar-refractivity contribution in [2.75, 3.05) is 0 Å². The Bertz CT molecular complexity index is 488. The molecule has 0 saturated heterocycles. The maximum atomic E-state index is 11.7. The van der Waals surface area contributed by atoms with Crippen LogP contribution in [-0.2, 0) is 22.6 Å². The summed E-state index contributed by atoms with van der Waals surface area (Å²) in [6, 6.07) is 5.62. The Morgan fingerprint density at radius 2 is 2.00 bits per heavy atom. The van der Waals surface area contributed by atoms with Crippen LogP contribution in [0.3, 0.4) is 0 Å². The van der Waals surface area contributed by atoms with E-state index in [4.69, 9.17) is 5.11 Å². The van der Waals surface area contributed by atoms with Gasteiger partial charge in [-0.2, -0.15) is 0 Å². The van der Waals surface area contributed by atoms with E-state index < -0.39 is 5.97 Å². The van der Waals surface area contributed by atoms with Gasteiger partial charge in [-0.1, -0.05) is 38.3 Å². The fourth-order valence-electron chi connectivity index (χ4n) is 2.01. The smallest absolute Gasteiger partial charge is 0.307 e. The van der Waals surface area contributed by atoms with Gasteiger partial charge < -0.3 is 10.4 Å². The van der Waals surface area contributed by atoms with E-state index in [2.05, 4.69) is 34.8 Å². The molecular formula is C16H22INO3. The Kier molecular flexibility index (Phi) is 8.34. The lowest BCUT2D eigenvalue weighted by Gasteiger charge is -2.08. The number of hydrogen-bond donors (Lipinski definition) is 2. The van der Waals surface area contributed by atoms with Crippen LogP contribution in [0.2, 0.25) is 0 Å². The van der Waals surface area contributed by atoms with Crippen LogP contribution in [-0.4, -0.2) is 17.0 Å². The summed E-state index contributed by atoms with van der Waals surface area (Å²) in [4.78, 5) is 22.4. The maximum Gasteiger partial charge on any atom is 0.307 e. The SMILES string of the molecule is CCCCCCC(=O)NCc1ccc(CC(=O)O)c(I)c1. The van der Waals surface area contributed by atoms with Crippen molar-refractivity contribution in [3.8, 4) is 0 Å². The normalized spacial score (nSPS) is 10.4. The molecule has 0 unspecified atom stereocenters. The van der Waals surface area contributed by atoms with Gasteiger partial charge in [-0.25, -0.2) is 0 Å². The highest BCUT2D eigenvalue weighted by Crippen LogP contribution is 2.15. The van der Waals surface area contributed by atoms with Crippen molar-refractivity contribution in [2.24, 2.45) is 0 Å². The number of carboxylic acids is 1. The van der Waals surface area contributed by atoms with E-state index in [9.17, 15) is 9.59 Å². The molecule has 0 aliphatic carbocycles. The monoisotopic (exact) mass is 403 g/mol. The molecule has 0 fully saturated rings. The van der Waals surface area contributed by atoms with Crippen molar-refractivity contribution >= 4 is 34.5 Å². The van der Waals surface area contributed by atoms with Gasteiger partial charge in [0, 0.05) is 16.5 Å². The molecule has 21 heavy (non-hydrogen) atoms. The predicted octanol–water partition coefficient (Wildman–Crippen LogP) is 3.50. The Balaban J connectivity index is 2.40. The molecular weight excluding hydrogens is 381 g/mol. The third kappa shape index (κ3) is 7.45. The summed E-state index contributed by atoms with van der Waals surface area (Å²) in [6.45, 7) is 2.64. The van der Waals surface area contributed by atoms with E-state index >= 15 is 0 Å². The van der Waals surface area contributed by atoms with Crippen LogP contribution < -0.4 is 5.32 Å². The van der Waals surface area contributed by atoms with Gasteiger partial charge in [0.15, 0.2) is 0 Å². The van der Waals surface area contributed by atoms with E-state index in [0.717, 1.165) is 27.5 Å². The first-order valence-electron chi connectivity index (χ1n) is 7.28. The minimum atomic E-state index is -0.832. The van der Waals surface area contributed by atoms with Crippen LogP contribution in [0.15, 0.2) is 18.2 Å². The highest BCUT2D eigenvalue weighted by molar-refractivity contribution is 14.1. The van der Waals surface area contributed by atoms with E-state index in [1.54, 1.807) is 0 Å². The second-order valence-corrected chi connectivity index (χ2v) is 6.25. The van der Waals surface area contributed by atoms with Gasteiger partial charge in [-0.05, 0) is 46.2 Å². The summed E-state index contributed by atoms with van der Waals surface area (Å²) in [7, 11) is 0. The Hall–Kier alpha value is -1.11. The number of halogens is 1. The topological polar surface area (TPSA) is 66.4 Å². The number of carboxylic acid groups (broad SMARTS) is 1. The summed E-state index contributed by atoms with van der Waals surface area (Å²) in [6.07, 6.45) is 5.00. The Morgan fingerprint density at radius 1 is 1.24 bits per heavy atom. The molecule has 1 amide bonds. The Morgan fingerprint density at radius 3 is 2.62 bits per heavy atom. The van der Waals surface area contributed by atoms with Crippen LogP contribution in [0.4, 0.5) is 0 Å². The minimum Gasteiger partial charge on any atom is -0.481 e. The zero-order valence-corrected chi connectivity index (χ0v) is 14.5. The highest BCUT2D eigenvalue weighted by atomic mass is 127. The first-order valence-corrected chi connectivity index (χ1v) is 8.36. The molecule has 0 bridgehead atoms. The number of nitrogens with one attached hydrogen (secondary N) is 1. The third-order valence-electron chi connectivity index (χ3n) is 3.21. The predicted molar refractivity (Wildman–Crippen MR) is 91.1 cm³/mol. The molecule has 0 atom stereocenters. The molecule has 0 heterocycles.